The van der Waals surface area contributed by atoms with Crippen molar-refractivity contribution >= 4 is 33.3 Å². The third-order valence-corrected chi connectivity index (χ3v) is 7.03. The third kappa shape index (κ3) is 3.89. The lowest BCUT2D eigenvalue weighted by Crippen LogP contribution is -2.22. The molecular formula is C21H24N2O3S2. The molecule has 0 amide bonds. The maximum absolute atomic E-state index is 13.6. The summed E-state index contributed by atoms with van der Waals surface area (Å²) in [6.07, 6.45) is 4.36. The second kappa shape index (κ2) is 8.78. The Morgan fingerprint density at radius 2 is 2.00 bits per heavy atom. The molecule has 5 nitrogen and oxygen atoms in total. The molecule has 2 heterocycles. The van der Waals surface area contributed by atoms with Crippen molar-refractivity contribution in [2.45, 2.75) is 37.8 Å². The summed E-state index contributed by atoms with van der Waals surface area (Å²) in [5, 5.41) is 10.4. The minimum absolute atomic E-state index is 0.0176. The summed E-state index contributed by atoms with van der Waals surface area (Å²) >= 11 is 3.20. The largest absolute Gasteiger partial charge is 0.394 e. The van der Waals surface area contributed by atoms with Gasteiger partial charge >= 0.3 is 0 Å². The van der Waals surface area contributed by atoms with E-state index in [0.29, 0.717) is 24.1 Å². The summed E-state index contributed by atoms with van der Waals surface area (Å²) in [5.41, 5.74) is 3.25. The van der Waals surface area contributed by atoms with Gasteiger partial charge in [0.2, 0.25) is 0 Å². The number of ether oxygens (including phenoxy) is 1. The fourth-order valence-corrected chi connectivity index (χ4v) is 5.73. The molecule has 2 aromatic heterocycles. The number of rotatable bonds is 7. The Labute approximate surface area is 172 Å². The van der Waals surface area contributed by atoms with Crippen LogP contribution >= 0.6 is 23.1 Å². The van der Waals surface area contributed by atoms with Gasteiger partial charge in [0.25, 0.3) is 5.56 Å². The smallest absolute Gasteiger partial charge is 0.267 e. The first-order chi connectivity index (χ1) is 13.7. The minimum atomic E-state index is 0.0176. The van der Waals surface area contributed by atoms with E-state index >= 15 is 0 Å². The number of thioether (sulfide) groups is 1. The average Bonchev–Trinajstić information content (AvgIpc) is 3.07. The van der Waals surface area contributed by atoms with Crippen LogP contribution in [0.4, 0.5) is 0 Å². The summed E-state index contributed by atoms with van der Waals surface area (Å²) < 4.78 is 7.12. The predicted molar refractivity (Wildman–Crippen MR) is 115 cm³/mol. The maximum atomic E-state index is 13.6. The summed E-state index contributed by atoms with van der Waals surface area (Å²) in [6, 6.07) is 8.01. The number of aliphatic hydroxyl groups excluding tert-OH is 1. The molecule has 7 heteroatoms. The molecule has 1 N–H and O–H groups in total. The summed E-state index contributed by atoms with van der Waals surface area (Å²) in [4.78, 5) is 20.6. The van der Waals surface area contributed by atoms with Crippen LogP contribution in [-0.2, 0) is 17.6 Å². The lowest BCUT2D eigenvalue weighted by atomic mass is 9.97. The minimum Gasteiger partial charge on any atom is -0.394 e. The van der Waals surface area contributed by atoms with Gasteiger partial charge < -0.3 is 9.84 Å². The Kier molecular flexibility index (Phi) is 6.16. The van der Waals surface area contributed by atoms with Gasteiger partial charge in [-0.15, -0.1) is 11.3 Å². The molecule has 1 aliphatic carbocycles. The molecule has 0 bridgehead atoms. The predicted octanol–water partition coefficient (Wildman–Crippen LogP) is 3.74. The molecule has 1 aliphatic rings. The Morgan fingerprint density at radius 3 is 2.79 bits per heavy atom. The van der Waals surface area contributed by atoms with Crippen LogP contribution in [0.15, 0.2) is 34.2 Å². The lowest BCUT2D eigenvalue weighted by molar-refractivity contribution is 0.103. The molecule has 0 radical (unpaired) electrons. The molecule has 148 valence electrons. The number of hydrogen-bond acceptors (Lipinski definition) is 6. The zero-order chi connectivity index (χ0) is 19.5. The number of hydrogen-bond donors (Lipinski definition) is 1. The Balaban J connectivity index is 1.79. The first-order valence-corrected chi connectivity index (χ1v) is 11.4. The summed E-state index contributed by atoms with van der Waals surface area (Å²) in [5.74, 6) is 0.675. The second-order valence-electron chi connectivity index (χ2n) is 6.95. The van der Waals surface area contributed by atoms with Crippen molar-refractivity contribution in [3.05, 3.63) is 50.6 Å². The van der Waals surface area contributed by atoms with Gasteiger partial charge in [0.1, 0.15) is 4.83 Å². The van der Waals surface area contributed by atoms with E-state index in [1.165, 1.54) is 28.6 Å². The van der Waals surface area contributed by atoms with Crippen LogP contribution in [0, 0.1) is 6.92 Å². The van der Waals surface area contributed by atoms with E-state index in [9.17, 15) is 4.79 Å². The van der Waals surface area contributed by atoms with Crippen LogP contribution in [0.25, 0.3) is 15.9 Å². The summed E-state index contributed by atoms with van der Waals surface area (Å²) in [6.45, 7) is 2.89. The first-order valence-electron chi connectivity index (χ1n) is 9.65. The van der Waals surface area contributed by atoms with Gasteiger partial charge in [-0.05, 0) is 50.3 Å². The molecule has 0 saturated heterocycles. The van der Waals surface area contributed by atoms with Crippen molar-refractivity contribution in [3.63, 3.8) is 0 Å². The standard InChI is InChI=1S/C21H24N2O3S2/c1-14-6-8-15(9-7-14)23-20(25)18-16-4-2-3-5-17(16)28-19(18)22-21(23)27-13-12-26-11-10-24/h6-9,24H,2-5,10-13H2,1H3. The quantitative estimate of drug-likeness (QED) is 0.361. The van der Waals surface area contributed by atoms with Crippen LogP contribution in [0.5, 0.6) is 0 Å². The Bertz CT molecular complexity index is 1020. The van der Waals surface area contributed by atoms with Gasteiger partial charge in [-0.2, -0.15) is 0 Å². The van der Waals surface area contributed by atoms with Gasteiger partial charge in [0.15, 0.2) is 5.16 Å². The first kappa shape index (κ1) is 19.6. The van der Waals surface area contributed by atoms with Crippen molar-refractivity contribution in [1.82, 2.24) is 9.55 Å². The SMILES string of the molecule is Cc1ccc(-n2c(SCCOCCO)nc3sc4c(c3c2=O)CCCC4)cc1. The van der Waals surface area contributed by atoms with Gasteiger partial charge in [0, 0.05) is 10.6 Å². The monoisotopic (exact) mass is 416 g/mol. The van der Waals surface area contributed by atoms with Crippen molar-refractivity contribution in [3.8, 4) is 5.69 Å². The normalized spacial score (nSPS) is 13.8. The van der Waals surface area contributed by atoms with Crippen molar-refractivity contribution in [2.75, 3.05) is 25.6 Å². The topological polar surface area (TPSA) is 64.3 Å². The Hall–Kier alpha value is -1.67. The zero-order valence-corrected chi connectivity index (χ0v) is 17.6. The van der Waals surface area contributed by atoms with Gasteiger partial charge in [-0.25, -0.2) is 4.98 Å². The molecule has 3 aromatic rings. The third-order valence-electron chi connectivity index (χ3n) is 4.94. The van der Waals surface area contributed by atoms with Crippen LogP contribution in [0.3, 0.4) is 0 Å². The number of aryl methyl sites for hydroxylation is 3. The number of aromatic nitrogens is 2. The summed E-state index contributed by atoms with van der Waals surface area (Å²) in [7, 11) is 0. The van der Waals surface area contributed by atoms with Crippen molar-refractivity contribution in [1.29, 1.82) is 0 Å². The number of aliphatic hydroxyl groups is 1. The van der Waals surface area contributed by atoms with E-state index in [-0.39, 0.29) is 12.2 Å². The zero-order valence-electron chi connectivity index (χ0n) is 15.9. The highest BCUT2D eigenvalue weighted by molar-refractivity contribution is 7.99. The number of nitrogens with zero attached hydrogens (tertiary/aromatic N) is 2. The van der Waals surface area contributed by atoms with Crippen molar-refractivity contribution < 1.29 is 9.84 Å². The van der Waals surface area contributed by atoms with Gasteiger partial charge in [0.05, 0.1) is 30.9 Å². The molecular weight excluding hydrogens is 392 g/mol. The lowest BCUT2D eigenvalue weighted by Gasteiger charge is -2.14. The van der Waals surface area contributed by atoms with E-state index in [2.05, 4.69) is 0 Å². The molecule has 1 aromatic carbocycles. The molecule has 0 fully saturated rings. The number of benzene rings is 1. The van der Waals surface area contributed by atoms with Crippen molar-refractivity contribution in [2.24, 2.45) is 0 Å². The van der Waals surface area contributed by atoms with Gasteiger partial charge in [-0.3, -0.25) is 9.36 Å². The van der Waals surface area contributed by atoms with E-state index in [4.69, 9.17) is 14.8 Å². The number of fused-ring (bicyclic) bond motifs is 3. The van der Waals surface area contributed by atoms with Crippen LogP contribution < -0.4 is 5.56 Å². The molecule has 0 unspecified atom stereocenters. The molecule has 0 saturated carbocycles. The fourth-order valence-electron chi connectivity index (χ4n) is 3.56. The Morgan fingerprint density at radius 1 is 1.21 bits per heavy atom. The second-order valence-corrected chi connectivity index (χ2v) is 9.09. The van der Waals surface area contributed by atoms with E-state index in [1.54, 1.807) is 15.9 Å². The highest BCUT2D eigenvalue weighted by Crippen LogP contribution is 2.35. The number of thiophene rings is 1. The maximum Gasteiger partial charge on any atom is 0.267 e. The molecule has 4 rings (SSSR count). The molecule has 28 heavy (non-hydrogen) atoms. The van der Waals surface area contributed by atoms with Gasteiger partial charge in [-0.1, -0.05) is 29.5 Å². The van der Waals surface area contributed by atoms with Crippen LogP contribution in [0.1, 0.15) is 28.8 Å². The molecule has 0 aliphatic heterocycles. The van der Waals surface area contributed by atoms with Crippen LogP contribution in [-0.4, -0.2) is 40.2 Å². The fraction of sp³-hybridized carbons (Fsp3) is 0.429. The van der Waals surface area contributed by atoms with Crippen LogP contribution in [0.2, 0.25) is 0 Å². The molecule has 0 atom stereocenters. The average molecular weight is 417 g/mol. The van der Waals surface area contributed by atoms with E-state index < -0.39 is 0 Å². The van der Waals surface area contributed by atoms with E-state index in [1.807, 2.05) is 31.2 Å². The highest BCUT2D eigenvalue weighted by atomic mass is 32.2. The van der Waals surface area contributed by atoms with E-state index in [0.717, 1.165) is 40.7 Å². The molecule has 0 spiro atoms. The highest BCUT2D eigenvalue weighted by Gasteiger charge is 2.22.